The van der Waals surface area contributed by atoms with Crippen molar-refractivity contribution in [2.24, 2.45) is 5.92 Å². The van der Waals surface area contributed by atoms with E-state index in [-0.39, 0.29) is 0 Å². The number of nitrogens with one attached hydrogen (secondary N) is 1. The van der Waals surface area contributed by atoms with Crippen molar-refractivity contribution in [2.75, 3.05) is 5.32 Å². The van der Waals surface area contributed by atoms with Gasteiger partial charge in [0.15, 0.2) is 0 Å². The highest BCUT2D eigenvalue weighted by Gasteiger charge is 2.27. The van der Waals surface area contributed by atoms with Crippen molar-refractivity contribution in [1.29, 1.82) is 0 Å². The van der Waals surface area contributed by atoms with Gasteiger partial charge in [-0.15, -0.1) is 0 Å². The maximum atomic E-state index is 4.65. The first-order chi connectivity index (χ1) is 8.61. The third-order valence-corrected chi connectivity index (χ3v) is 4.02. The number of nitrogens with zero attached hydrogens (tertiary/aromatic N) is 2. The van der Waals surface area contributed by atoms with Crippen LogP contribution in [0.4, 0.5) is 5.95 Å². The molecule has 0 amide bonds. The first kappa shape index (κ1) is 13.4. The minimum Gasteiger partial charge on any atom is -0.353 e. The van der Waals surface area contributed by atoms with Crippen LogP contribution in [0.2, 0.25) is 0 Å². The Bertz CT molecular complexity index is 381. The molecule has 2 rings (SSSR count). The van der Waals surface area contributed by atoms with Crippen LogP contribution in [0.15, 0.2) is 6.20 Å². The Morgan fingerprint density at radius 2 is 2.11 bits per heavy atom. The number of imidazole rings is 1. The molecule has 0 spiro atoms. The number of hydrogen-bond acceptors (Lipinski definition) is 2. The van der Waals surface area contributed by atoms with Crippen molar-refractivity contribution in [3.8, 4) is 0 Å². The lowest BCUT2D eigenvalue weighted by atomic mass is 9.83. The first-order valence-electron chi connectivity index (χ1n) is 7.43. The van der Waals surface area contributed by atoms with Gasteiger partial charge < -0.3 is 9.88 Å². The Morgan fingerprint density at radius 1 is 1.39 bits per heavy atom. The number of aromatic nitrogens is 2. The Hall–Kier alpha value is -0.990. The van der Waals surface area contributed by atoms with Gasteiger partial charge in [-0.2, -0.15) is 0 Å². The molecule has 1 aliphatic carbocycles. The summed E-state index contributed by atoms with van der Waals surface area (Å²) in [4.78, 5) is 4.65. The third-order valence-electron chi connectivity index (χ3n) is 4.02. The highest BCUT2D eigenvalue weighted by molar-refractivity contribution is 5.30. The van der Waals surface area contributed by atoms with Gasteiger partial charge in [-0.05, 0) is 39.5 Å². The minimum atomic E-state index is 0.439. The van der Waals surface area contributed by atoms with Crippen molar-refractivity contribution in [3.63, 3.8) is 0 Å². The molecule has 18 heavy (non-hydrogen) atoms. The Balaban J connectivity index is 2.24. The fourth-order valence-corrected chi connectivity index (χ4v) is 3.16. The Morgan fingerprint density at radius 3 is 2.78 bits per heavy atom. The second-order valence-electron chi connectivity index (χ2n) is 5.93. The zero-order valence-electron chi connectivity index (χ0n) is 12.2. The minimum absolute atomic E-state index is 0.439. The zero-order chi connectivity index (χ0) is 13.1. The molecule has 102 valence electrons. The highest BCUT2D eigenvalue weighted by atomic mass is 15.2. The molecule has 1 aromatic heterocycles. The van der Waals surface area contributed by atoms with Gasteiger partial charge in [0.1, 0.15) is 0 Å². The molecule has 0 bridgehead atoms. The van der Waals surface area contributed by atoms with Gasteiger partial charge in [0, 0.05) is 18.3 Å². The smallest absolute Gasteiger partial charge is 0.203 e. The van der Waals surface area contributed by atoms with Crippen molar-refractivity contribution in [1.82, 2.24) is 9.55 Å². The van der Waals surface area contributed by atoms with E-state index in [1.807, 2.05) is 0 Å². The summed E-state index contributed by atoms with van der Waals surface area (Å²) < 4.78 is 2.41. The molecule has 1 saturated carbocycles. The van der Waals surface area contributed by atoms with Crippen molar-refractivity contribution in [3.05, 3.63) is 11.9 Å². The molecule has 0 radical (unpaired) electrons. The van der Waals surface area contributed by atoms with E-state index < -0.39 is 0 Å². The average Bonchev–Trinajstić information content (AvgIpc) is 2.69. The summed E-state index contributed by atoms with van der Waals surface area (Å²) in [6, 6.07) is 1.08. The van der Waals surface area contributed by atoms with Crippen LogP contribution in [-0.2, 0) is 0 Å². The second kappa shape index (κ2) is 5.77. The fraction of sp³-hybridized carbons (Fsp3) is 0.800. The maximum Gasteiger partial charge on any atom is 0.203 e. The van der Waals surface area contributed by atoms with Gasteiger partial charge >= 0.3 is 0 Å². The SMILES string of the molecule is CCC1CCCCC1n1cc(C)nc1NC(C)C. The van der Waals surface area contributed by atoms with Crippen LogP contribution in [0, 0.1) is 12.8 Å². The molecule has 1 aromatic rings. The molecule has 3 nitrogen and oxygen atoms in total. The van der Waals surface area contributed by atoms with Gasteiger partial charge in [-0.1, -0.05) is 26.2 Å². The molecule has 1 N–H and O–H groups in total. The molecule has 3 heteroatoms. The summed E-state index contributed by atoms with van der Waals surface area (Å²) in [5.41, 5.74) is 1.12. The molecule has 1 fully saturated rings. The van der Waals surface area contributed by atoms with Gasteiger partial charge in [-0.25, -0.2) is 4.98 Å². The fourth-order valence-electron chi connectivity index (χ4n) is 3.16. The quantitative estimate of drug-likeness (QED) is 0.868. The van der Waals surface area contributed by atoms with E-state index in [9.17, 15) is 0 Å². The van der Waals surface area contributed by atoms with Crippen LogP contribution in [0.5, 0.6) is 0 Å². The summed E-state index contributed by atoms with van der Waals surface area (Å²) in [6.45, 7) is 8.76. The molecule has 2 unspecified atom stereocenters. The lowest BCUT2D eigenvalue weighted by Gasteiger charge is -2.33. The largest absolute Gasteiger partial charge is 0.353 e. The summed E-state index contributed by atoms with van der Waals surface area (Å²) in [6.07, 6.45) is 8.95. The van der Waals surface area contributed by atoms with Gasteiger partial charge in [0.25, 0.3) is 0 Å². The van der Waals surface area contributed by atoms with Gasteiger partial charge in [0.05, 0.1) is 5.69 Å². The van der Waals surface area contributed by atoms with E-state index in [2.05, 4.69) is 48.8 Å². The first-order valence-corrected chi connectivity index (χ1v) is 7.43. The second-order valence-corrected chi connectivity index (χ2v) is 5.93. The van der Waals surface area contributed by atoms with E-state index in [0.717, 1.165) is 17.6 Å². The van der Waals surface area contributed by atoms with Crippen molar-refractivity contribution in [2.45, 2.75) is 71.9 Å². The summed E-state index contributed by atoms with van der Waals surface area (Å²) in [7, 11) is 0. The van der Waals surface area contributed by atoms with E-state index in [1.54, 1.807) is 0 Å². The molecule has 2 atom stereocenters. The van der Waals surface area contributed by atoms with Crippen LogP contribution >= 0.6 is 0 Å². The highest BCUT2D eigenvalue weighted by Crippen LogP contribution is 2.37. The standard InChI is InChI=1S/C15H27N3/c1-5-13-8-6-7-9-14(13)18-10-12(4)17-15(18)16-11(2)3/h10-11,13-14H,5-9H2,1-4H3,(H,16,17). The summed E-state index contributed by atoms with van der Waals surface area (Å²) in [5, 5.41) is 3.49. The van der Waals surface area contributed by atoms with E-state index in [4.69, 9.17) is 0 Å². The van der Waals surface area contributed by atoms with Crippen LogP contribution in [0.1, 0.15) is 64.6 Å². The van der Waals surface area contributed by atoms with Crippen LogP contribution < -0.4 is 5.32 Å². The summed E-state index contributed by atoms with van der Waals surface area (Å²) >= 11 is 0. The predicted molar refractivity (Wildman–Crippen MR) is 77.0 cm³/mol. The normalized spacial score (nSPS) is 24.5. The van der Waals surface area contributed by atoms with Gasteiger partial charge in [0.2, 0.25) is 5.95 Å². The van der Waals surface area contributed by atoms with E-state index in [0.29, 0.717) is 12.1 Å². The molecule has 0 aliphatic heterocycles. The molecule has 1 aliphatic rings. The topological polar surface area (TPSA) is 29.9 Å². The zero-order valence-corrected chi connectivity index (χ0v) is 12.2. The monoisotopic (exact) mass is 249 g/mol. The lowest BCUT2D eigenvalue weighted by Crippen LogP contribution is -2.25. The molecular formula is C15H27N3. The molecule has 0 aromatic carbocycles. The van der Waals surface area contributed by atoms with Gasteiger partial charge in [-0.3, -0.25) is 0 Å². The summed E-state index contributed by atoms with van der Waals surface area (Å²) in [5.74, 6) is 1.88. The van der Waals surface area contributed by atoms with E-state index >= 15 is 0 Å². The Kier molecular flexibility index (Phi) is 4.31. The number of rotatable bonds is 4. The number of hydrogen-bond donors (Lipinski definition) is 1. The van der Waals surface area contributed by atoms with Crippen molar-refractivity contribution < 1.29 is 0 Å². The molecular weight excluding hydrogens is 222 g/mol. The van der Waals surface area contributed by atoms with Crippen LogP contribution in [-0.4, -0.2) is 15.6 Å². The van der Waals surface area contributed by atoms with Crippen LogP contribution in [0.3, 0.4) is 0 Å². The third kappa shape index (κ3) is 2.88. The van der Waals surface area contributed by atoms with E-state index in [1.165, 1.54) is 32.1 Å². The maximum absolute atomic E-state index is 4.65. The average molecular weight is 249 g/mol. The molecule has 1 heterocycles. The number of anilines is 1. The van der Waals surface area contributed by atoms with Crippen molar-refractivity contribution >= 4 is 5.95 Å². The lowest BCUT2D eigenvalue weighted by molar-refractivity contribution is 0.234. The predicted octanol–water partition coefficient (Wildman–Crippen LogP) is 4.15. The van der Waals surface area contributed by atoms with Crippen LogP contribution in [0.25, 0.3) is 0 Å². The molecule has 0 saturated heterocycles. The number of aryl methyl sites for hydroxylation is 1. The Labute approximate surface area is 111 Å².